The van der Waals surface area contributed by atoms with Crippen molar-refractivity contribution >= 4 is 54.8 Å². The number of thiophene rings is 1. The van der Waals surface area contributed by atoms with Gasteiger partial charge in [-0.2, -0.15) is 18.3 Å². The lowest BCUT2D eigenvalue weighted by molar-refractivity contribution is -0.142. The summed E-state index contributed by atoms with van der Waals surface area (Å²) in [6, 6.07) is 5.90. The molecule has 4 heterocycles. The van der Waals surface area contributed by atoms with E-state index in [0.717, 1.165) is 10.5 Å². The number of nitrogens with zero attached hydrogens (tertiary/aromatic N) is 3. The summed E-state index contributed by atoms with van der Waals surface area (Å²) in [6.07, 6.45) is -3.25. The van der Waals surface area contributed by atoms with Crippen LogP contribution in [0.2, 0.25) is 0 Å². The van der Waals surface area contributed by atoms with E-state index in [4.69, 9.17) is 4.42 Å². The van der Waals surface area contributed by atoms with E-state index in [1.165, 1.54) is 17.6 Å². The van der Waals surface area contributed by atoms with Gasteiger partial charge < -0.3 is 9.73 Å². The average molecular weight is 550 g/mol. The molecule has 29 heavy (non-hydrogen) atoms. The van der Waals surface area contributed by atoms with Crippen LogP contribution < -0.4 is 5.32 Å². The standard InChI is InChI=1S/C17H9Br2F3N4O2S/c18-8-4-11(29-7-8)10-5-12(17(20,21)22)26-15(24-10)13(19)14(25-26)16(27)23-6-9-2-1-3-28-9/h1-5,7H,6H2,(H,23,27). The molecule has 1 N–H and O–H groups in total. The normalized spacial score (nSPS) is 11.9. The van der Waals surface area contributed by atoms with Crippen LogP contribution in [0.25, 0.3) is 16.2 Å². The number of rotatable bonds is 4. The third-order valence-electron chi connectivity index (χ3n) is 3.86. The Kier molecular flexibility index (Phi) is 5.25. The van der Waals surface area contributed by atoms with Crippen LogP contribution in [0.5, 0.6) is 0 Å². The number of hydrogen-bond acceptors (Lipinski definition) is 5. The zero-order valence-corrected chi connectivity index (χ0v) is 18.1. The fourth-order valence-electron chi connectivity index (χ4n) is 2.58. The summed E-state index contributed by atoms with van der Waals surface area (Å²) >= 11 is 7.71. The fraction of sp³-hybridized carbons (Fsp3) is 0.118. The monoisotopic (exact) mass is 548 g/mol. The molecule has 0 radical (unpaired) electrons. The predicted molar refractivity (Wildman–Crippen MR) is 107 cm³/mol. The Hall–Kier alpha value is -2.18. The first-order valence-corrected chi connectivity index (χ1v) is 10.4. The number of fused-ring (bicyclic) bond motifs is 1. The van der Waals surface area contributed by atoms with Crippen LogP contribution >= 0.6 is 43.2 Å². The van der Waals surface area contributed by atoms with Crippen molar-refractivity contribution in [1.29, 1.82) is 0 Å². The molecule has 4 aromatic rings. The first kappa shape index (κ1) is 20.1. The Labute approximate surface area is 182 Å². The maximum absolute atomic E-state index is 13.7. The van der Waals surface area contributed by atoms with Gasteiger partial charge >= 0.3 is 6.18 Å². The Morgan fingerprint density at radius 2 is 2.10 bits per heavy atom. The molecule has 4 aromatic heterocycles. The average Bonchev–Trinajstić information content (AvgIpc) is 3.39. The number of alkyl halides is 3. The van der Waals surface area contributed by atoms with E-state index >= 15 is 0 Å². The van der Waals surface area contributed by atoms with Gasteiger partial charge in [0.25, 0.3) is 5.91 Å². The lowest BCUT2D eigenvalue weighted by Crippen LogP contribution is -2.23. The van der Waals surface area contributed by atoms with Gasteiger partial charge in [-0.15, -0.1) is 11.3 Å². The van der Waals surface area contributed by atoms with Crippen LogP contribution in [0, 0.1) is 0 Å². The molecule has 0 spiro atoms. The Morgan fingerprint density at radius 1 is 1.31 bits per heavy atom. The van der Waals surface area contributed by atoms with E-state index in [1.54, 1.807) is 23.6 Å². The summed E-state index contributed by atoms with van der Waals surface area (Å²) in [5, 5.41) is 8.16. The van der Waals surface area contributed by atoms with Gasteiger partial charge in [0.2, 0.25) is 0 Å². The molecule has 0 aliphatic rings. The molecule has 0 saturated carbocycles. The number of amides is 1. The predicted octanol–water partition coefficient (Wildman–Crippen LogP) is 5.52. The van der Waals surface area contributed by atoms with E-state index in [0.29, 0.717) is 15.2 Å². The third-order valence-corrected chi connectivity index (χ3v) is 6.31. The Balaban J connectivity index is 1.80. The zero-order chi connectivity index (χ0) is 20.8. The fourth-order valence-corrected chi connectivity index (χ4v) is 4.48. The van der Waals surface area contributed by atoms with Crippen molar-refractivity contribution in [3.8, 4) is 10.6 Å². The van der Waals surface area contributed by atoms with Crippen LogP contribution in [0.15, 0.2) is 49.3 Å². The number of furan rings is 1. The topological polar surface area (TPSA) is 72.4 Å². The molecule has 150 valence electrons. The van der Waals surface area contributed by atoms with Gasteiger partial charge in [-0.1, -0.05) is 0 Å². The second-order valence-electron chi connectivity index (χ2n) is 5.81. The molecule has 6 nitrogen and oxygen atoms in total. The van der Waals surface area contributed by atoms with E-state index in [2.05, 4.69) is 47.3 Å². The minimum Gasteiger partial charge on any atom is -0.467 e. The highest BCUT2D eigenvalue weighted by atomic mass is 79.9. The molecule has 0 fully saturated rings. The second-order valence-corrected chi connectivity index (χ2v) is 8.43. The highest BCUT2D eigenvalue weighted by molar-refractivity contribution is 9.11. The largest absolute Gasteiger partial charge is 0.467 e. The van der Waals surface area contributed by atoms with Crippen LogP contribution in [0.4, 0.5) is 13.2 Å². The number of carbonyl (C=O) groups is 1. The number of carbonyl (C=O) groups excluding carboxylic acids is 1. The van der Waals surface area contributed by atoms with Gasteiger partial charge in [-0.05, 0) is 56.1 Å². The minimum absolute atomic E-state index is 0.0671. The van der Waals surface area contributed by atoms with Crippen LogP contribution in [-0.4, -0.2) is 20.5 Å². The van der Waals surface area contributed by atoms with Crippen molar-refractivity contribution in [3.05, 3.63) is 62.0 Å². The smallest absolute Gasteiger partial charge is 0.433 e. The van der Waals surface area contributed by atoms with Crippen LogP contribution in [-0.2, 0) is 12.7 Å². The maximum atomic E-state index is 13.7. The van der Waals surface area contributed by atoms with Gasteiger partial charge in [0.15, 0.2) is 17.0 Å². The number of nitrogens with one attached hydrogen (secondary N) is 1. The molecule has 0 aromatic carbocycles. The molecular formula is C17H9Br2F3N4O2S. The number of aromatic nitrogens is 3. The van der Waals surface area contributed by atoms with Gasteiger partial charge in [0.05, 0.1) is 27.9 Å². The first-order chi connectivity index (χ1) is 13.7. The molecule has 0 saturated heterocycles. The third kappa shape index (κ3) is 3.96. The molecule has 1 amide bonds. The summed E-state index contributed by atoms with van der Waals surface area (Å²) in [5.74, 6) is -0.162. The highest BCUT2D eigenvalue weighted by Crippen LogP contribution is 2.36. The van der Waals surface area contributed by atoms with Crippen molar-refractivity contribution in [2.45, 2.75) is 12.7 Å². The van der Waals surface area contributed by atoms with Gasteiger partial charge in [0.1, 0.15) is 5.76 Å². The second kappa shape index (κ2) is 7.58. The minimum atomic E-state index is -4.70. The molecule has 0 aliphatic carbocycles. The molecule has 0 aliphatic heterocycles. The molecule has 4 rings (SSSR count). The van der Waals surface area contributed by atoms with Crippen molar-refractivity contribution in [1.82, 2.24) is 19.9 Å². The van der Waals surface area contributed by atoms with Crippen LogP contribution in [0.1, 0.15) is 21.9 Å². The summed E-state index contributed by atoms with van der Waals surface area (Å²) < 4.78 is 47.6. The van der Waals surface area contributed by atoms with Crippen molar-refractivity contribution < 1.29 is 22.4 Å². The molecule has 0 atom stereocenters. The number of halogens is 5. The van der Waals surface area contributed by atoms with E-state index in [-0.39, 0.29) is 28.1 Å². The maximum Gasteiger partial charge on any atom is 0.433 e. The lowest BCUT2D eigenvalue weighted by Gasteiger charge is -2.10. The van der Waals surface area contributed by atoms with Crippen molar-refractivity contribution in [2.75, 3.05) is 0 Å². The van der Waals surface area contributed by atoms with Crippen LogP contribution in [0.3, 0.4) is 0 Å². The Morgan fingerprint density at radius 3 is 2.72 bits per heavy atom. The first-order valence-electron chi connectivity index (χ1n) is 7.95. The SMILES string of the molecule is O=C(NCc1ccco1)c1nn2c(C(F)(F)F)cc(-c3cc(Br)cs3)nc2c1Br. The summed E-state index contributed by atoms with van der Waals surface area (Å²) in [4.78, 5) is 17.3. The Bertz CT molecular complexity index is 1200. The van der Waals surface area contributed by atoms with E-state index < -0.39 is 17.8 Å². The van der Waals surface area contributed by atoms with Gasteiger partial charge in [-0.3, -0.25) is 4.79 Å². The molecule has 0 unspecified atom stereocenters. The van der Waals surface area contributed by atoms with Gasteiger partial charge in [-0.25, -0.2) is 9.50 Å². The van der Waals surface area contributed by atoms with Crippen molar-refractivity contribution in [2.24, 2.45) is 0 Å². The zero-order valence-electron chi connectivity index (χ0n) is 14.1. The van der Waals surface area contributed by atoms with Crippen molar-refractivity contribution in [3.63, 3.8) is 0 Å². The molecule has 12 heteroatoms. The molecule has 0 bridgehead atoms. The summed E-state index contributed by atoms with van der Waals surface area (Å²) in [7, 11) is 0. The van der Waals surface area contributed by atoms with Gasteiger partial charge in [0, 0.05) is 9.85 Å². The van der Waals surface area contributed by atoms with E-state index in [1.807, 2.05) is 0 Å². The summed E-state index contributed by atoms with van der Waals surface area (Å²) in [5.41, 5.74) is -1.22. The van der Waals surface area contributed by atoms with E-state index in [9.17, 15) is 18.0 Å². The number of hydrogen-bond donors (Lipinski definition) is 1. The summed E-state index contributed by atoms with van der Waals surface area (Å²) in [6.45, 7) is 0.0696. The highest BCUT2D eigenvalue weighted by Gasteiger charge is 2.36. The molecular weight excluding hydrogens is 541 g/mol. The lowest BCUT2D eigenvalue weighted by atomic mass is 10.2. The quantitative estimate of drug-likeness (QED) is 0.363.